The Morgan fingerprint density at radius 1 is 0.970 bits per heavy atom. The molecule has 0 spiro atoms. The Kier molecular flexibility index (Phi) is 6.34. The van der Waals surface area contributed by atoms with Gasteiger partial charge in [-0.15, -0.1) is 0 Å². The lowest BCUT2D eigenvalue weighted by Gasteiger charge is -2.30. The average molecular weight is 499 g/mol. The summed E-state index contributed by atoms with van der Waals surface area (Å²) in [5.41, 5.74) is 0.639. The molecule has 0 saturated carbocycles. The van der Waals surface area contributed by atoms with Crippen molar-refractivity contribution >= 4 is 27.6 Å². The molecule has 1 aliphatic rings. The minimum absolute atomic E-state index is 0.0310. The maximum absolute atomic E-state index is 13.7. The number of aromatic nitrogens is 2. The lowest BCUT2D eigenvalue weighted by Crippen LogP contribution is -2.34. The maximum atomic E-state index is 13.7. The summed E-state index contributed by atoms with van der Waals surface area (Å²) in [5, 5.41) is 5.27. The van der Waals surface area contributed by atoms with Crippen LogP contribution in [0.25, 0.3) is 22.4 Å². The zero-order valence-electron chi connectivity index (χ0n) is 17.0. The summed E-state index contributed by atoms with van der Waals surface area (Å²) >= 11 is 1.67. The summed E-state index contributed by atoms with van der Waals surface area (Å²) in [6.45, 7) is 0.896. The molecule has 0 atom stereocenters. The number of anilines is 1. The predicted octanol–water partition coefficient (Wildman–Crippen LogP) is 4.17. The highest BCUT2D eigenvalue weighted by molar-refractivity contribution is 7.99. The summed E-state index contributed by atoms with van der Waals surface area (Å²) in [5.74, 6) is -0.484. The van der Waals surface area contributed by atoms with Crippen molar-refractivity contribution in [3.63, 3.8) is 0 Å². The van der Waals surface area contributed by atoms with Gasteiger partial charge in [0.25, 0.3) is 0 Å². The molecular weight excluding hydrogens is 480 g/mol. The van der Waals surface area contributed by atoms with Gasteiger partial charge in [-0.05, 0) is 42.0 Å². The molecule has 0 radical (unpaired) electrons. The van der Waals surface area contributed by atoms with E-state index in [1.54, 1.807) is 22.7 Å². The maximum Gasteiger partial charge on any atom is 0.451 e. The highest BCUT2D eigenvalue weighted by Gasteiger charge is 2.37. The first-order chi connectivity index (χ1) is 15.5. The van der Waals surface area contributed by atoms with Gasteiger partial charge in [0, 0.05) is 30.2 Å². The topological polar surface area (TPSA) is 89.2 Å². The van der Waals surface area contributed by atoms with Crippen LogP contribution in [0.15, 0.2) is 53.4 Å². The van der Waals surface area contributed by atoms with Crippen molar-refractivity contribution in [2.75, 3.05) is 29.5 Å². The molecule has 33 heavy (non-hydrogen) atoms. The Bertz CT molecular complexity index is 1280. The van der Waals surface area contributed by atoms with Crippen LogP contribution in [0.3, 0.4) is 0 Å². The first-order valence-corrected chi connectivity index (χ1v) is 12.5. The van der Waals surface area contributed by atoms with E-state index in [9.17, 15) is 26.0 Å². The van der Waals surface area contributed by atoms with Crippen molar-refractivity contribution in [2.45, 2.75) is 11.1 Å². The fourth-order valence-electron chi connectivity index (χ4n) is 3.49. The van der Waals surface area contributed by atoms with Crippen molar-refractivity contribution in [2.24, 2.45) is 5.14 Å². The summed E-state index contributed by atoms with van der Waals surface area (Å²) in [6, 6.07) is 10.4. The van der Waals surface area contributed by atoms with Gasteiger partial charge in [-0.3, -0.25) is 0 Å². The second-order valence-corrected chi connectivity index (χ2v) is 10.1. The SMILES string of the molecule is NS(=O)(=O)c1cccc(-c2c(-c3ccc(F)cc3)nc(C(F)(F)F)nc2N2CCSCC2)c1. The summed E-state index contributed by atoms with van der Waals surface area (Å²) in [4.78, 5) is 9.18. The number of thioether (sulfide) groups is 1. The normalized spacial score (nSPS) is 15.0. The van der Waals surface area contributed by atoms with Gasteiger partial charge in [0.2, 0.25) is 15.8 Å². The lowest BCUT2D eigenvalue weighted by atomic mass is 9.98. The van der Waals surface area contributed by atoms with Crippen LogP contribution in [0.2, 0.25) is 0 Å². The van der Waals surface area contributed by atoms with E-state index in [-0.39, 0.29) is 33.1 Å². The van der Waals surface area contributed by atoms with Gasteiger partial charge in [0.1, 0.15) is 11.6 Å². The van der Waals surface area contributed by atoms with E-state index in [1.165, 1.54) is 30.3 Å². The van der Waals surface area contributed by atoms with Crippen LogP contribution in [0, 0.1) is 5.82 Å². The second-order valence-electron chi connectivity index (χ2n) is 7.27. The first kappa shape index (κ1) is 23.5. The zero-order chi connectivity index (χ0) is 23.8. The van der Waals surface area contributed by atoms with Crippen molar-refractivity contribution in [1.29, 1.82) is 0 Å². The molecule has 1 fully saturated rings. The average Bonchev–Trinajstić information content (AvgIpc) is 2.78. The van der Waals surface area contributed by atoms with Gasteiger partial charge in [-0.2, -0.15) is 24.9 Å². The van der Waals surface area contributed by atoms with Gasteiger partial charge in [0.05, 0.1) is 16.2 Å². The highest BCUT2D eigenvalue weighted by atomic mass is 32.2. The van der Waals surface area contributed by atoms with E-state index in [0.29, 0.717) is 24.6 Å². The first-order valence-electron chi connectivity index (χ1n) is 9.75. The molecule has 3 aromatic rings. The molecule has 1 saturated heterocycles. The number of hydrogen-bond acceptors (Lipinski definition) is 6. The summed E-state index contributed by atoms with van der Waals surface area (Å²) in [7, 11) is -4.07. The van der Waals surface area contributed by atoms with E-state index < -0.39 is 27.8 Å². The largest absolute Gasteiger partial charge is 0.451 e. The van der Waals surface area contributed by atoms with Crippen molar-refractivity contribution in [3.05, 3.63) is 60.2 Å². The van der Waals surface area contributed by atoms with Crippen LogP contribution in [0.1, 0.15) is 5.82 Å². The van der Waals surface area contributed by atoms with Crippen molar-refractivity contribution < 1.29 is 26.0 Å². The van der Waals surface area contributed by atoms with E-state index in [2.05, 4.69) is 9.97 Å². The predicted molar refractivity (Wildman–Crippen MR) is 119 cm³/mol. The minimum Gasteiger partial charge on any atom is -0.354 e. The van der Waals surface area contributed by atoms with Crippen molar-refractivity contribution in [1.82, 2.24) is 9.97 Å². The van der Waals surface area contributed by atoms with Gasteiger partial charge >= 0.3 is 6.18 Å². The Morgan fingerprint density at radius 2 is 1.64 bits per heavy atom. The number of nitrogens with two attached hydrogens (primary N) is 1. The zero-order valence-corrected chi connectivity index (χ0v) is 18.6. The lowest BCUT2D eigenvalue weighted by molar-refractivity contribution is -0.144. The van der Waals surface area contributed by atoms with Crippen LogP contribution in [0.4, 0.5) is 23.4 Å². The number of nitrogens with zero attached hydrogens (tertiary/aromatic N) is 3. The molecule has 12 heteroatoms. The highest BCUT2D eigenvalue weighted by Crippen LogP contribution is 2.41. The Labute approximate surface area is 191 Å². The number of halogens is 4. The Morgan fingerprint density at radius 3 is 2.24 bits per heavy atom. The third-order valence-corrected chi connectivity index (χ3v) is 6.88. The molecule has 1 aromatic heterocycles. The molecule has 0 amide bonds. The molecular formula is C21H18F4N4O2S2. The molecule has 4 rings (SSSR count). The molecule has 1 aliphatic heterocycles. The fourth-order valence-corrected chi connectivity index (χ4v) is 4.95. The van der Waals surface area contributed by atoms with E-state index in [1.807, 2.05) is 0 Å². The quantitative estimate of drug-likeness (QED) is 0.544. The van der Waals surface area contributed by atoms with Crippen LogP contribution < -0.4 is 10.0 Å². The van der Waals surface area contributed by atoms with Crippen molar-refractivity contribution in [3.8, 4) is 22.4 Å². The smallest absolute Gasteiger partial charge is 0.354 e. The van der Waals surface area contributed by atoms with Crippen LogP contribution in [-0.2, 0) is 16.2 Å². The molecule has 0 unspecified atom stereocenters. The Hall–Kier alpha value is -2.70. The van der Waals surface area contributed by atoms with Gasteiger partial charge in [-0.25, -0.2) is 27.9 Å². The standard InChI is InChI=1S/C21H18F4N4O2S2/c22-15-6-4-13(5-7-15)18-17(14-2-1-3-16(12-14)33(26,30)31)19(29-8-10-32-11-9-29)28-20(27-18)21(23,24)25/h1-7,12H,8-11H2,(H2,26,30,31). The van der Waals surface area contributed by atoms with Crippen LogP contribution in [-0.4, -0.2) is 43.0 Å². The molecule has 0 bridgehead atoms. The van der Waals surface area contributed by atoms with Crippen LogP contribution in [0.5, 0.6) is 0 Å². The molecule has 2 N–H and O–H groups in total. The third kappa shape index (κ3) is 5.12. The molecule has 174 valence electrons. The fraction of sp³-hybridized carbons (Fsp3) is 0.238. The number of hydrogen-bond donors (Lipinski definition) is 1. The Balaban J connectivity index is 2.06. The number of rotatable bonds is 4. The number of benzene rings is 2. The number of primary sulfonamides is 1. The molecule has 2 aromatic carbocycles. The van der Waals surface area contributed by atoms with E-state index in [0.717, 1.165) is 12.1 Å². The molecule has 2 heterocycles. The van der Waals surface area contributed by atoms with Crippen LogP contribution >= 0.6 is 11.8 Å². The molecule has 6 nitrogen and oxygen atoms in total. The number of alkyl halides is 3. The number of sulfonamides is 1. The molecule has 0 aliphatic carbocycles. The van der Waals surface area contributed by atoms with E-state index in [4.69, 9.17) is 5.14 Å². The van der Waals surface area contributed by atoms with Gasteiger partial charge in [0.15, 0.2) is 0 Å². The minimum atomic E-state index is -4.82. The monoisotopic (exact) mass is 498 g/mol. The van der Waals surface area contributed by atoms with E-state index >= 15 is 0 Å². The van der Waals surface area contributed by atoms with Gasteiger partial charge < -0.3 is 4.90 Å². The summed E-state index contributed by atoms with van der Waals surface area (Å²) in [6.07, 6.45) is -4.82. The van der Waals surface area contributed by atoms with Gasteiger partial charge in [-0.1, -0.05) is 12.1 Å². The summed E-state index contributed by atoms with van der Waals surface area (Å²) < 4.78 is 78.6. The third-order valence-electron chi connectivity index (χ3n) is 5.02. The second kappa shape index (κ2) is 8.92.